The van der Waals surface area contributed by atoms with Crippen molar-refractivity contribution in [1.29, 1.82) is 0 Å². The van der Waals surface area contributed by atoms with E-state index in [0.717, 1.165) is 19.6 Å². The molecule has 1 rings (SSSR count). The third-order valence-electron chi connectivity index (χ3n) is 3.84. The van der Waals surface area contributed by atoms with E-state index in [0.29, 0.717) is 12.1 Å². The number of nitrogens with one attached hydrogen (secondary N) is 1. The van der Waals surface area contributed by atoms with Gasteiger partial charge >= 0.3 is 0 Å². The molecule has 1 N–H and O–H groups in total. The summed E-state index contributed by atoms with van der Waals surface area (Å²) in [6.07, 6.45) is 9.80. The molecule has 0 aromatic heterocycles. The highest BCUT2D eigenvalue weighted by Gasteiger charge is 2.41. The lowest BCUT2D eigenvalue weighted by molar-refractivity contribution is -0.131. The zero-order valence-corrected chi connectivity index (χ0v) is 12.4. The summed E-state index contributed by atoms with van der Waals surface area (Å²) < 4.78 is 11.1. The van der Waals surface area contributed by atoms with Gasteiger partial charge in [-0.3, -0.25) is 0 Å². The number of methoxy groups -OCH3 is 1. The minimum absolute atomic E-state index is 0.255. The molecule has 0 radical (unpaired) electrons. The van der Waals surface area contributed by atoms with Gasteiger partial charge < -0.3 is 14.8 Å². The summed E-state index contributed by atoms with van der Waals surface area (Å²) in [6.45, 7) is 6.21. The van der Waals surface area contributed by atoms with Crippen LogP contribution in [0.5, 0.6) is 0 Å². The van der Waals surface area contributed by atoms with E-state index in [4.69, 9.17) is 9.47 Å². The molecule has 0 bridgehead atoms. The zero-order chi connectivity index (χ0) is 13.2. The number of hydrogen-bond acceptors (Lipinski definition) is 3. The summed E-state index contributed by atoms with van der Waals surface area (Å²) in [4.78, 5) is 0. The fourth-order valence-electron chi connectivity index (χ4n) is 2.67. The zero-order valence-electron chi connectivity index (χ0n) is 12.4. The first-order valence-corrected chi connectivity index (χ1v) is 7.71. The third kappa shape index (κ3) is 5.25. The predicted octanol–water partition coefficient (Wildman–Crippen LogP) is 3.13. The van der Waals surface area contributed by atoms with Gasteiger partial charge in [0.2, 0.25) is 0 Å². The van der Waals surface area contributed by atoms with Crippen molar-refractivity contribution in [1.82, 2.24) is 5.32 Å². The topological polar surface area (TPSA) is 30.5 Å². The Balaban J connectivity index is 1.96. The molecule has 0 aromatic carbocycles. The van der Waals surface area contributed by atoms with Crippen LogP contribution >= 0.6 is 0 Å². The van der Waals surface area contributed by atoms with Crippen LogP contribution in [0.3, 0.4) is 0 Å². The van der Waals surface area contributed by atoms with Crippen LogP contribution in [0.4, 0.5) is 0 Å². The smallest absolute Gasteiger partial charge is 0.0986 e. The molecule has 3 atom stereocenters. The number of rotatable bonds is 11. The summed E-state index contributed by atoms with van der Waals surface area (Å²) in [5.41, 5.74) is 0. The molecule has 1 fully saturated rings. The van der Waals surface area contributed by atoms with E-state index in [1.165, 1.54) is 38.5 Å². The summed E-state index contributed by atoms with van der Waals surface area (Å²) in [7, 11) is 1.79. The average Bonchev–Trinajstić information content (AvgIpc) is 2.35. The molecule has 0 heterocycles. The van der Waals surface area contributed by atoms with Crippen LogP contribution in [0.15, 0.2) is 0 Å². The quantitative estimate of drug-likeness (QED) is 0.577. The molecule has 0 saturated heterocycles. The Morgan fingerprint density at radius 2 is 1.78 bits per heavy atom. The summed E-state index contributed by atoms with van der Waals surface area (Å²) in [5.74, 6) is 0. The van der Waals surface area contributed by atoms with E-state index in [2.05, 4.69) is 12.2 Å². The van der Waals surface area contributed by atoms with Crippen LogP contribution in [-0.2, 0) is 9.47 Å². The molecule has 0 spiro atoms. The van der Waals surface area contributed by atoms with Crippen LogP contribution < -0.4 is 5.32 Å². The number of hydrogen-bond donors (Lipinski definition) is 1. The van der Waals surface area contributed by atoms with Crippen molar-refractivity contribution in [2.75, 3.05) is 20.3 Å². The molecule has 0 aliphatic heterocycles. The van der Waals surface area contributed by atoms with Crippen molar-refractivity contribution in [2.45, 2.75) is 77.0 Å². The van der Waals surface area contributed by atoms with Crippen LogP contribution in [-0.4, -0.2) is 38.5 Å². The van der Waals surface area contributed by atoms with Crippen LogP contribution in [0.25, 0.3) is 0 Å². The van der Waals surface area contributed by atoms with Crippen molar-refractivity contribution < 1.29 is 9.47 Å². The fourth-order valence-corrected chi connectivity index (χ4v) is 2.67. The molecule has 0 aromatic rings. The predicted molar refractivity (Wildman–Crippen MR) is 76.0 cm³/mol. The van der Waals surface area contributed by atoms with E-state index in [-0.39, 0.29) is 6.10 Å². The highest BCUT2D eigenvalue weighted by Crippen LogP contribution is 2.26. The van der Waals surface area contributed by atoms with Gasteiger partial charge in [0.25, 0.3) is 0 Å². The molecule has 1 saturated carbocycles. The van der Waals surface area contributed by atoms with E-state index >= 15 is 0 Å². The van der Waals surface area contributed by atoms with Gasteiger partial charge in [0.15, 0.2) is 0 Å². The van der Waals surface area contributed by atoms with E-state index in [9.17, 15) is 0 Å². The van der Waals surface area contributed by atoms with E-state index in [1.54, 1.807) is 7.11 Å². The highest BCUT2D eigenvalue weighted by atomic mass is 16.5. The van der Waals surface area contributed by atoms with Crippen molar-refractivity contribution >= 4 is 0 Å². The number of unbranched alkanes of at least 4 members (excludes halogenated alkanes) is 5. The second-order valence-corrected chi connectivity index (χ2v) is 5.26. The SMILES string of the molecule is CCCCCCCCNC1CC(OCC)C1OC. The molecule has 3 nitrogen and oxygen atoms in total. The summed E-state index contributed by atoms with van der Waals surface area (Å²) in [6, 6.07) is 0.502. The van der Waals surface area contributed by atoms with Crippen molar-refractivity contribution in [3.63, 3.8) is 0 Å². The maximum Gasteiger partial charge on any atom is 0.0986 e. The second-order valence-electron chi connectivity index (χ2n) is 5.26. The van der Waals surface area contributed by atoms with E-state index in [1.807, 2.05) is 6.92 Å². The molecule has 1 aliphatic carbocycles. The molecule has 1 aliphatic rings. The summed E-state index contributed by atoms with van der Waals surface area (Å²) >= 11 is 0. The van der Waals surface area contributed by atoms with Gasteiger partial charge in [-0.15, -0.1) is 0 Å². The molecule has 3 unspecified atom stereocenters. The Morgan fingerprint density at radius 3 is 2.44 bits per heavy atom. The number of ether oxygens (including phenoxy) is 2. The van der Waals surface area contributed by atoms with Gasteiger partial charge in [-0.1, -0.05) is 39.0 Å². The highest BCUT2D eigenvalue weighted by molar-refractivity contribution is 4.96. The lowest BCUT2D eigenvalue weighted by Gasteiger charge is -2.43. The molecule has 3 heteroatoms. The van der Waals surface area contributed by atoms with Crippen molar-refractivity contribution in [2.24, 2.45) is 0 Å². The Kier molecular flexibility index (Phi) is 8.64. The molecule has 0 amide bonds. The Bertz CT molecular complexity index is 199. The normalized spacial score (nSPS) is 27.2. The standard InChI is InChI=1S/C15H31NO2/c1-4-6-7-8-9-10-11-16-13-12-14(18-5-2)15(13)17-3/h13-16H,4-12H2,1-3H3. The first kappa shape index (κ1) is 15.9. The minimum atomic E-state index is 0.255. The maximum atomic E-state index is 5.62. The van der Waals surface area contributed by atoms with Gasteiger partial charge in [-0.05, 0) is 26.3 Å². The van der Waals surface area contributed by atoms with E-state index < -0.39 is 0 Å². The lowest BCUT2D eigenvalue weighted by atomic mass is 9.85. The second kappa shape index (κ2) is 9.76. The Labute approximate surface area is 113 Å². The molecule has 108 valence electrons. The third-order valence-corrected chi connectivity index (χ3v) is 3.84. The van der Waals surface area contributed by atoms with Gasteiger partial charge in [0.1, 0.15) is 0 Å². The Morgan fingerprint density at radius 1 is 1.06 bits per heavy atom. The first-order valence-electron chi connectivity index (χ1n) is 7.71. The summed E-state index contributed by atoms with van der Waals surface area (Å²) in [5, 5.41) is 3.59. The molecule has 18 heavy (non-hydrogen) atoms. The minimum Gasteiger partial charge on any atom is -0.377 e. The van der Waals surface area contributed by atoms with Crippen molar-refractivity contribution in [3.8, 4) is 0 Å². The Hall–Kier alpha value is -0.120. The first-order chi connectivity index (χ1) is 8.83. The fraction of sp³-hybridized carbons (Fsp3) is 1.00. The maximum absolute atomic E-state index is 5.62. The van der Waals surface area contributed by atoms with Crippen LogP contribution in [0.2, 0.25) is 0 Å². The van der Waals surface area contributed by atoms with Crippen LogP contribution in [0, 0.1) is 0 Å². The van der Waals surface area contributed by atoms with Gasteiger partial charge in [-0.25, -0.2) is 0 Å². The van der Waals surface area contributed by atoms with Crippen molar-refractivity contribution in [3.05, 3.63) is 0 Å². The van der Waals surface area contributed by atoms with Crippen LogP contribution in [0.1, 0.15) is 58.8 Å². The molecular weight excluding hydrogens is 226 g/mol. The average molecular weight is 257 g/mol. The largest absolute Gasteiger partial charge is 0.377 e. The monoisotopic (exact) mass is 257 g/mol. The van der Waals surface area contributed by atoms with Gasteiger partial charge in [-0.2, -0.15) is 0 Å². The molecular formula is C15H31NO2. The van der Waals surface area contributed by atoms with Gasteiger partial charge in [0, 0.05) is 19.8 Å². The van der Waals surface area contributed by atoms with Gasteiger partial charge in [0.05, 0.1) is 12.2 Å². The lowest BCUT2D eigenvalue weighted by Crippen LogP contribution is -2.59.